The van der Waals surface area contributed by atoms with Crippen LogP contribution in [0.3, 0.4) is 0 Å². The Morgan fingerprint density at radius 3 is 3.03 bits per heavy atom. The second-order valence-electron chi connectivity index (χ2n) is 8.20. The molecule has 5 heterocycles. The summed E-state index contributed by atoms with van der Waals surface area (Å²) in [6.07, 6.45) is 8.06. The standard InChI is InChI=1S/C21H26N6O2/c1-14-16(12-24-19(22)18(14)15-2-7-23-8-3-15)29-20(28)26-10-5-21(13-26)6-11-27-17(21)4-9-25-27/h2,4,9,12,23H,3,5-8,10-11,13H2,1H3,(H2,22,24). The molecule has 2 aromatic heterocycles. The van der Waals surface area contributed by atoms with E-state index in [1.165, 1.54) is 5.69 Å². The first kappa shape index (κ1) is 18.2. The van der Waals surface area contributed by atoms with Crippen LogP contribution in [-0.4, -0.2) is 51.9 Å². The van der Waals surface area contributed by atoms with E-state index in [1.54, 1.807) is 6.20 Å². The van der Waals surface area contributed by atoms with E-state index in [0.717, 1.165) is 55.6 Å². The Hall–Kier alpha value is -2.87. The Balaban J connectivity index is 1.35. The molecule has 1 unspecified atom stereocenters. The highest BCUT2D eigenvalue weighted by Crippen LogP contribution is 2.42. The number of fused-ring (bicyclic) bond motifs is 2. The number of likely N-dealkylation sites (tertiary alicyclic amines) is 1. The molecule has 3 aliphatic heterocycles. The van der Waals surface area contributed by atoms with Crippen molar-refractivity contribution in [1.29, 1.82) is 0 Å². The third-order valence-electron chi connectivity index (χ3n) is 6.58. The summed E-state index contributed by atoms with van der Waals surface area (Å²) in [5.74, 6) is 0.964. The van der Waals surface area contributed by atoms with Crippen LogP contribution < -0.4 is 15.8 Å². The van der Waals surface area contributed by atoms with Crippen LogP contribution in [0.2, 0.25) is 0 Å². The molecule has 0 aromatic carbocycles. The lowest BCUT2D eigenvalue weighted by Crippen LogP contribution is -2.35. The molecule has 8 nitrogen and oxygen atoms in total. The van der Waals surface area contributed by atoms with Gasteiger partial charge in [-0.15, -0.1) is 0 Å². The topological polar surface area (TPSA) is 98.3 Å². The number of amides is 1. The number of ether oxygens (including phenoxy) is 1. The fourth-order valence-corrected chi connectivity index (χ4v) is 4.97. The highest BCUT2D eigenvalue weighted by molar-refractivity contribution is 5.79. The number of aromatic nitrogens is 3. The minimum absolute atomic E-state index is 0.00893. The maximum atomic E-state index is 12.9. The van der Waals surface area contributed by atoms with Gasteiger partial charge in [-0.2, -0.15) is 5.10 Å². The fraction of sp³-hybridized carbons (Fsp3) is 0.476. The van der Waals surface area contributed by atoms with Gasteiger partial charge in [0.25, 0.3) is 0 Å². The first-order chi connectivity index (χ1) is 14.1. The third kappa shape index (κ3) is 2.98. The SMILES string of the molecule is Cc1c(OC(=O)N2CCC3(CCn4nccc43)C2)cnc(N)c1C1=CCNCC1. The zero-order valence-corrected chi connectivity index (χ0v) is 16.6. The Bertz CT molecular complexity index is 997. The summed E-state index contributed by atoms with van der Waals surface area (Å²) in [7, 11) is 0. The molecule has 1 amide bonds. The smallest absolute Gasteiger partial charge is 0.408 e. The largest absolute Gasteiger partial charge is 0.415 e. The summed E-state index contributed by atoms with van der Waals surface area (Å²) in [6, 6.07) is 2.08. The molecule has 1 spiro atoms. The number of hydrogen-bond donors (Lipinski definition) is 2. The zero-order chi connectivity index (χ0) is 20.0. The molecule has 2 aromatic rings. The van der Waals surface area contributed by atoms with E-state index in [2.05, 4.69) is 32.2 Å². The molecule has 1 saturated heterocycles. The number of carbonyl (C=O) groups excluding carboxylic acids is 1. The van der Waals surface area contributed by atoms with E-state index in [4.69, 9.17) is 10.5 Å². The van der Waals surface area contributed by atoms with E-state index in [0.29, 0.717) is 24.7 Å². The van der Waals surface area contributed by atoms with Gasteiger partial charge in [-0.05, 0) is 44.4 Å². The van der Waals surface area contributed by atoms with Gasteiger partial charge in [0.2, 0.25) is 0 Å². The predicted octanol–water partition coefficient (Wildman–Crippen LogP) is 2.09. The summed E-state index contributed by atoms with van der Waals surface area (Å²) < 4.78 is 7.85. The normalized spacial score (nSPS) is 23.3. The Labute approximate surface area is 169 Å². The molecule has 29 heavy (non-hydrogen) atoms. The quantitative estimate of drug-likeness (QED) is 0.809. The summed E-state index contributed by atoms with van der Waals surface area (Å²) in [6.45, 7) is 5.93. The monoisotopic (exact) mass is 394 g/mol. The minimum atomic E-state index is -0.320. The van der Waals surface area contributed by atoms with Crippen LogP contribution in [0.25, 0.3) is 5.57 Å². The average Bonchev–Trinajstić information content (AvgIpc) is 3.44. The van der Waals surface area contributed by atoms with Crippen LogP contribution in [0.5, 0.6) is 5.75 Å². The third-order valence-corrected chi connectivity index (χ3v) is 6.58. The Morgan fingerprint density at radius 2 is 2.21 bits per heavy atom. The first-order valence-electron chi connectivity index (χ1n) is 10.2. The van der Waals surface area contributed by atoms with Crippen molar-refractivity contribution in [2.24, 2.45) is 0 Å². The summed E-state index contributed by atoms with van der Waals surface area (Å²) in [5, 5.41) is 7.68. The lowest BCUT2D eigenvalue weighted by atomic mass is 9.83. The molecule has 5 rings (SSSR count). The molecule has 0 bridgehead atoms. The molecule has 3 aliphatic rings. The summed E-state index contributed by atoms with van der Waals surface area (Å²) in [4.78, 5) is 19.0. The van der Waals surface area contributed by atoms with Crippen LogP contribution in [0.4, 0.5) is 10.6 Å². The van der Waals surface area contributed by atoms with Gasteiger partial charge in [-0.3, -0.25) is 4.68 Å². The second kappa shape index (κ2) is 6.88. The Morgan fingerprint density at radius 1 is 1.34 bits per heavy atom. The van der Waals surface area contributed by atoms with Crippen molar-refractivity contribution in [3.05, 3.63) is 41.4 Å². The molecular weight excluding hydrogens is 368 g/mol. The van der Waals surface area contributed by atoms with Gasteiger partial charge in [0, 0.05) is 54.6 Å². The molecule has 0 radical (unpaired) electrons. The fourth-order valence-electron chi connectivity index (χ4n) is 4.97. The van der Waals surface area contributed by atoms with Gasteiger partial charge in [-0.1, -0.05) is 6.08 Å². The molecule has 1 atom stereocenters. The van der Waals surface area contributed by atoms with E-state index in [-0.39, 0.29) is 11.5 Å². The van der Waals surface area contributed by atoms with Crippen molar-refractivity contribution < 1.29 is 9.53 Å². The minimum Gasteiger partial charge on any atom is -0.408 e. The summed E-state index contributed by atoms with van der Waals surface area (Å²) >= 11 is 0. The molecule has 1 fully saturated rings. The number of nitrogen functional groups attached to an aromatic ring is 1. The van der Waals surface area contributed by atoms with Gasteiger partial charge in [-0.25, -0.2) is 9.78 Å². The zero-order valence-electron chi connectivity index (χ0n) is 16.6. The number of nitrogens with zero attached hydrogens (tertiary/aromatic N) is 4. The molecular formula is C21H26N6O2. The van der Waals surface area contributed by atoms with Crippen molar-refractivity contribution in [3.63, 3.8) is 0 Å². The van der Waals surface area contributed by atoms with Crippen LogP contribution in [0.1, 0.15) is 36.1 Å². The number of pyridine rings is 1. The summed E-state index contributed by atoms with van der Waals surface area (Å²) in [5.41, 5.74) is 10.3. The van der Waals surface area contributed by atoms with E-state index in [1.807, 2.05) is 18.0 Å². The van der Waals surface area contributed by atoms with E-state index >= 15 is 0 Å². The second-order valence-corrected chi connectivity index (χ2v) is 8.20. The first-order valence-corrected chi connectivity index (χ1v) is 10.2. The number of anilines is 1. The lowest BCUT2D eigenvalue weighted by Gasteiger charge is -2.23. The van der Waals surface area contributed by atoms with Gasteiger partial charge in [0.05, 0.1) is 6.20 Å². The van der Waals surface area contributed by atoms with Crippen LogP contribution >= 0.6 is 0 Å². The van der Waals surface area contributed by atoms with Crippen molar-refractivity contribution in [2.75, 3.05) is 31.9 Å². The number of nitrogens with two attached hydrogens (primary N) is 1. The van der Waals surface area contributed by atoms with Crippen LogP contribution in [0.15, 0.2) is 24.5 Å². The maximum Gasteiger partial charge on any atom is 0.415 e. The highest BCUT2D eigenvalue weighted by atomic mass is 16.6. The molecule has 0 saturated carbocycles. The Kier molecular flexibility index (Phi) is 4.31. The van der Waals surface area contributed by atoms with Gasteiger partial charge in [0.1, 0.15) is 5.82 Å². The number of rotatable bonds is 2. The molecule has 8 heteroatoms. The number of hydrogen-bond acceptors (Lipinski definition) is 6. The molecule has 3 N–H and O–H groups in total. The number of carbonyl (C=O) groups is 1. The lowest BCUT2D eigenvalue weighted by molar-refractivity contribution is 0.159. The van der Waals surface area contributed by atoms with Crippen LogP contribution in [0, 0.1) is 6.92 Å². The predicted molar refractivity (Wildman–Crippen MR) is 110 cm³/mol. The van der Waals surface area contributed by atoms with Gasteiger partial charge in [0.15, 0.2) is 5.75 Å². The molecule has 0 aliphatic carbocycles. The van der Waals surface area contributed by atoms with Crippen molar-refractivity contribution in [3.8, 4) is 5.75 Å². The number of nitrogens with one attached hydrogen (secondary N) is 1. The van der Waals surface area contributed by atoms with Gasteiger partial charge < -0.3 is 20.7 Å². The average molecular weight is 394 g/mol. The van der Waals surface area contributed by atoms with Crippen molar-refractivity contribution in [1.82, 2.24) is 25.0 Å². The van der Waals surface area contributed by atoms with E-state index < -0.39 is 0 Å². The molecule has 152 valence electrons. The van der Waals surface area contributed by atoms with E-state index in [9.17, 15) is 4.79 Å². The van der Waals surface area contributed by atoms with Crippen LogP contribution in [-0.2, 0) is 12.0 Å². The number of aryl methyl sites for hydroxylation is 1. The van der Waals surface area contributed by atoms with Crippen molar-refractivity contribution >= 4 is 17.5 Å². The van der Waals surface area contributed by atoms with Gasteiger partial charge >= 0.3 is 6.09 Å². The highest BCUT2D eigenvalue weighted by Gasteiger charge is 2.46. The van der Waals surface area contributed by atoms with Crippen molar-refractivity contribution in [2.45, 2.75) is 38.1 Å². The maximum absolute atomic E-state index is 12.9.